The SMILES string of the molecule is CC(=O)N[C@H](C(=O)NCCc1ccco1)C(C)C. The summed E-state index contributed by atoms with van der Waals surface area (Å²) in [4.78, 5) is 22.9. The molecule has 0 aliphatic rings. The Morgan fingerprint density at radius 1 is 1.39 bits per heavy atom. The maximum Gasteiger partial charge on any atom is 0.242 e. The summed E-state index contributed by atoms with van der Waals surface area (Å²) in [7, 11) is 0. The molecule has 2 N–H and O–H groups in total. The van der Waals surface area contributed by atoms with Crippen LogP contribution in [0.5, 0.6) is 0 Å². The second-order valence-corrected chi connectivity index (χ2v) is 4.54. The Hall–Kier alpha value is -1.78. The predicted octanol–water partition coefficient (Wildman–Crippen LogP) is 1.10. The molecule has 1 aromatic heterocycles. The smallest absolute Gasteiger partial charge is 0.242 e. The molecule has 1 atom stereocenters. The summed E-state index contributed by atoms with van der Waals surface area (Å²) in [5.41, 5.74) is 0. The molecule has 100 valence electrons. The molecule has 0 spiro atoms. The van der Waals surface area contributed by atoms with Gasteiger partial charge in [-0.15, -0.1) is 0 Å². The standard InChI is InChI=1S/C13H20N2O3/c1-9(2)12(15-10(3)16)13(17)14-7-6-11-5-4-8-18-11/h4-5,8-9,12H,6-7H2,1-3H3,(H,14,17)(H,15,16)/t12-/m0/s1. The van der Waals surface area contributed by atoms with Crippen LogP contribution in [0, 0.1) is 5.92 Å². The lowest BCUT2D eigenvalue weighted by Gasteiger charge is -2.20. The van der Waals surface area contributed by atoms with Gasteiger partial charge < -0.3 is 15.1 Å². The van der Waals surface area contributed by atoms with Crippen molar-refractivity contribution in [2.45, 2.75) is 33.2 Å². The van der Waals surface area contributed by atoms with Crippen molar-refractivity contribution in [2.24, 2.45) is 5.92 Å². The van der Waals surface area contributed by atoms with Crippen LogP contribution >= 0.6 is 0 Å². The normalized spacial score (nSPS) is 12.2. The first-order chi connectivity index (χ1) is 8.50. The molecule has 0 aliphatic heterocycles. The third kappa shape index (κ3) is 4.61. The van der Waals surface area contributed by atoms with Gasteiger partial charge in [-0.05, 0) is 18.1 Å². The molecule has 5 nitrogen and oxygen atoms in total. The van der Waals surface area contributed by atoms with E-state index in [1.165, 1.54) is 6.92 Å². The van der Waals surface area contributed by atoms with E-state index in [2.05, 4.69) is 10.6 Å². The minimum Gasteiger partial charge on any atom is -0.469 e. The summed E-state index contributed by atoms with van der Waals surface area (Å²) in [5.74, 6) is 0.523. The number of furan rings is 1. The molecule has 0 fully saturated rings. The minimum absolute atomic E-state index is 0.0533. The summed E-state index contributed by atoms with van der Waals surface area (Å²) in [6, 6.07) is 3.18. The molecule has 0 bridgehead atoms. The first-order valence-corrected chi connectivity index (χ1v) is 6.08. The molecule has 0 radical (unpaired) electrons. The van der Waals surface area contributed by atoms with E-state index in [1.54, 1.807) is 6.26 Å². The van der Waals surface area contributed by atoms with Crippen LogP contribution in [0.25, 0.3) is 0 Å². The molecular formula is C13H20N2O3. The molecule has 0 aromatic carbocycles. The Balaban J connectivity index is 2.39. The van der Waals surface area contributed by atoms with Crippen LogP contribution in [0.2, 0.25) is 0 Å². The van der Waals surface area contributed by atoms with Crippen LogP contribution in [0.15, 0.2) is 22.8 Å². The Labute approximate surface area is 107 Å². The number of hydrogen-bond acceptors (Lipinski definition) is 3. The van der Waals surface area contributed by atoms with Crippen molar-refractivity contribution in [3.05, 3.63) is 24.2 Å². The number of hydrogen-bond donors (Lipinski definition) is 2. The van der Waals surface area contributed by atoms with E-state index in [0.29, 0.717) is 13.0 Å². The van der Waals surface area contributed by atoms with Gasteiger partial charge >= 0.3 is 0 Å². The van der Waals surface area contributed by atoms with Crippen molar-refractivity contribution < 1.29 is 14.0 Å². The van der Waals surface area contributed by atoms with Crippen LogP contribution in [0.4, 0.5) is 0 Å². The first kappa shape index (κ1) is 14.3. The molecule has 0 saturated heterocycles. The molecule has 0 aliphatic carbocycles. The quantitative estimate of drug-likeness (QED) is 0.796. The van der Waals surface area contributed by atoms with Crippen molar-refractivity contribution >= 4 is 11.8 Å². The zero-order valence-corrected chi connectivity index (χ0v) is 11.0. The van der Waals surface area contributed by atoms with Crippen molar-refractivity contribution in [1.82, 2.24) is 10.6 Å². The lowest BCUT2D eigenvalue weighted by atomic mass is 10.0. The van der Waals surface area contributed by atoms with Crippen molar-refractivity contribution in [3.8, 4) is 0 Å². The Kier molecular flexibility index (Phi) is 5.42. The lowest BCUT2D eigenvalue weighted by molar-refractivity contribution is -0.129. The number of amides is 2. The second kappa shape index (κ2) is 6.83. The van der Waals surface area contributed by atoms with Crippen LogP contribution in [-0.2, 0) is 16.0 Å². The van der Waals surface area contributed by atoms with Gasteiger partial charge in [-0.1, -0.05) is 13.8 Å². The van der Waals surface area contributed by atoms with Crippen molar-refractivity contribution in [3.63, 3.8) is 0 Å². The topological polar surface area (TPSA) is 71.3 Å². The fraction of sp³-hybridized carbons (Fsp3) is 0.538. The van der Waals surface area contributed by atoms with Gasteiger partial charge in [0.15, 0.2) is 0 Å². The zero-order chi connectivity index (χ0) is 13.5. The van der Waals surface area contributed by atoms with E-state index in [4.69, 9.17) is 4.42 Å². The van der Waals surface area contributed by atoms with E-state index in [-0.39, 0.29) is 17.7 Å². The number of carbonyl (C=O) groups is 2. The summed E-state index contributed by atoms with van der Waals surface area (Å²) >= 11 is 0. The first-order valence-electron chi connectivity index (χ1n) is 6.08. The van der Waals surface area contributed by atoms with Gasteiger partial charge in [0.25, 0.3) is 0 Å². The Bertz CT molecular complexity index is 385. The van der Waals surface area contributed by atoms with Gasteiger partial charge in [-0.3, -0.25) is 9.59 Å². The molecule has 0 saturated carbocycles. The van der Waals surface area contributed by atoms with Crippen LogP contribution in [0.3, 0.4) is 0 Å². The molecular weight excluding hydrogens is 232 g/mol. The molecule has 1 aromatic rings. The molecule has 18 heavy (non-hydrogen) atoms. The van der Waals surface area contributed by atoms with Gasteiger partial charge in [0.2, 0.25) is 11.8 Å². The molecule has 1 rings (SSSR count). The number of rotatable bonds is 6. The van der Waals surface area contributed by atoms with Crippen molar-refractivity contribution in [1.29, 1.82) is 0 Å². The highest BCUT2D eigenvalue weighted by molar-refractivity contribution is 5.86. The highest BCUT2D eigenvalue weighted by Crippen LogP contribution is 2.03. The van der Waals surface area contributed by atoms with Crippen LogP contribution in [-0.4, -0.2) is 24.4 Å². The van der Waals surface area contributed by atoms with E-state index < -0.39 is 6.04 Å². The third-order valence-electron chi connectivity index (χ3n) is 2.56. The Morgan fingerprint density at radius 3 is 2.61 bits per heavy atom. The molecule has 2 amide bonds. The van der Waals surface area contributed by atoms with E-state index >= 15 is 0 Å². The van der Waals surface area contributed by atoms with E-state index in [9.17, 15) is 9.59 Å². The summed E-state index contributed by atoms with van der Waals surface area (Å²) < 4.78 is 5.17. The fourth-order valence-electron chi connectivity index (χ4n) is 1.63. The summed E-state index contributed by atoms with van der Waals surface area (Å²) in [6.45, 7) is 5.69. The maximum absolute atomic E-state index is 11.9. The molecule has 1 heterocycles. The highest BCUT2D eigenvalue weighted by Gasteiger charge is 2.22. The van der Waals surface area contributed by atoms with E-state index in [1.807, 2.05) is 26.0 Å². The van der Waals surface area contributed by atoms with Gasteiger partial charge in [0.05, 0.1) is 6.26 Å². The highest BCUT2D eigenvalue weighted by atomic mass is 16.3. The van der Waals surface area contributed by atoms with Gasteiger partial charge in [-0.2, -0.15) is 0 Å². The zero-order valence-electron chi connectivity index (χ0n) is 11.0. The molecule has 5 heteroatoms. The monoisotopic (exact) mass is 252 g/mol. The number of nitrogens with one attached hydrogen (secondary N) is 2. The maximum atomic E-state index is 11.9. The largest absolute Gasteiger partial charge is 0.469 e. The predicted molar refractivity (Wildman–Crippen MR) is 67.9 cm³/mol. The minimum atomic E-state index is -0.487. The van der Waals surface area contributed by atoms with Gasteiger partial charge in [-0.25, -0.2) is 0 Å². The van der Waals surface area contributed by atoms with Gasteiger partial charge in [0.1, 0.15) is 11.8 Å². The van der Waals surface area contributed by atoms with Crippen molar-refractivity contribution in [2.75, 3.05) is 6.54 Å². The van der Waals surface area contributed by atoms with Crippen LogP contribution in [0.1, 0.15) is 26.5 Å². The average molecular weight is 252 g/mol. The Morgan fingerprint density at radius 2 is 2.11 bits per heavy atom. The fourth-order valence-corrected chi connectivity index (χ4v) is 1.63. The summed E-state index contributed by atoms with van der Waals surface area (Å²) in [6.07, 6.45) is 2.25. The third-order valence-corrected chi connectivity index (χ3v) is 2.56. The van der Waals surface area contributed by atoms with Crippen LogP contribution < -0.4 is 10.6 Å². The lowest BCUT2D eigenvalue weighted by Crippen LogP contribution is -2.49. The average Bonchev–Trinajstić information content (AvgIpc) is 2.78. The molecule has 0 unspecified atom stereocenters. The number of carbonyl (C=O) groups excluding carboxylic acids is 2. The van der Waals surface area contributed by atoms with E-state index in [0.717, 1.165) is 5.76 Å². The second-order valence-electron chi connectivity index (χ2n) is 4.54. The van der Waals surface area contributed by atoms with Gasteiger partial charge in [0, 0.05) is 19.9 Å². The summed E-state index contributed by atoms with van der Waals surface area (Å²) in [5, 5.41) is 5.44.